The average molecular weight is 289 g/mol. The van der Waals surface area contributed by atoms with Crippen LogP contribution in [-0.2, 0) is 0 Å². The van der Waals surface area contributed by atoms with Gasteiger partial charge in [-0.2, -0.15) is 4.39 Å². The number of carbonyl (C=O) groups is 1. The molecular formula is C13H5ClF4O. The van der Waals surface area contributed by atoms with Gasteiger partial charge in [-0.15, -0.1) is 0 Å². The minimum Gasteiger partial charge on any atom is -0.255 e. The quantitative estimate of drug-likeness (QED) is 0.451. The summed E-state index contributed by atoms with van der Waals surface area (Å²) in [6, 6.07) is 2.64. The van der Waals surface area contributed by atoms with Gasteiger partial charge in [0.05, 0.1) is 5.56 Å². The molecule has 0 N–H and O–H groups in total. The molecule has 2 rings (SSSR count). The summed E-state index contributed by atoms with van der Waals surface area (Å²) in [5.74, 6) is -3.05. The maximum Gasteiger partial charge on any atom is 0.332 e. The van der Waals surface area contributed by atoms with Gasteiger partial charge < -0.3 is 0 Å². The molecule has 0 aromatic heterocycles. The molecule has 0 bridgehead atoms. The van der Waals surface area contributed by atoms with Crippen LogP contribution in [0.15, 0.2) is 30.3 Å². The summed E-state index contributed by atoms with van der Waals surface area (Å²) in [4.78, 5) is 10.4. The van der Waals surface area contributed by atoms with E-state index in [9.17, 15) is 22.4 Å². The SMILES string of the molecule is O=C(F)c1ccc(-c2cc(F)c(Cl)c(F)c2)c(F)c1. The van der Waals surface area contributed by atoms with Crippen LogP contribution in [0.1, 0.15) is 10.4 Å². The van der Waals surface area contributed by atoms with Crippen LogP contribution in [0.4, 0.5) is 17.6 Å². The van der Waals surface area contributed by atoms with Crippen molar-refractivity contribution in [2.45, 2.75) is 0 Å². The minimum atomic E-state index is -1.79. The highest BCUT2D eigenvalue weighted by Gasteiger charge is 2.14. The Labute approximate surface area is 110 Å². The van der Waals surface area contributed by atoms with Gasteiger partial charge in [-0.05, 0) is 29.8 Å². The van der Waals surface area contributed by atoms with Crippen molar-refractivity contribution in [1.29, 1.82) is 0 Å². The summed E-state index contributed by atoms with van der Waals surface area (Å²) in [6.45, 7) is 0. The van der Waals surface area contributed by atoms with Crippen LogP contribution in [-0.4, -0.2) is 6.04 Å². The van der Waals surface area contributed by atoms with E-state index in [-0.39, 0.29) is 11.1 Å². The molecule has 0 radical (unpaired) electrons. The third-order valence-electron chi connectivity index (χ3n) is 2.49. The molecule has 2 aromatic carbocycles. The molecule has 0 saturated carbocycles. The lowest BCUT2D eigenvalue weighted by molar-refractivity contribution is 0.0835. The van der Waals surface area contributed by atoms with Gasteiger partial charge in [0.2, 0.25) is 0 Å². The number of benzene rings is 2. The van der Waals surface area contributed by atoms with E-state index in [1.54, 1.807) is 0 Å². The highest BCUT2D eigenvalue weighted by Crippen LogP contribution is 2.29. The smallest absolute Gasteiger partial charge is 0.255 e. The van der Waals surface area contributed by atoms with Crippen molar-refractivity contribution < 1.29 is 22.4 Å². The van der Waals surface area contributed by atoms with E-state index in [1.807, 2.05) is 0 Å². The van der Waals surface area contributed by atoms with Gasteiger partial charge in [0, 0.05) is 5.56 Å². The van der Waals surface area contributed by atoms with Crippen molar-refractivity contribution in [1.82, 2.24) is 0 Å². The molecule has 0 fully saturated rings. The number of halogens is 5. The normalized spacial score (nSPS) is 10.6. The van der Waals surface area contributed by atoms with Gasteiger partial charge in [-0.1, -0.05) is 17.7 Å². The van der Waals surface area contributed by atoms with Crippen LogP contribution in [0.25, 0.3) is 11.1 Å². The van der Waals surface area contributed by atoms with Crippen molar-refractivity contribution in [2.75, 3.05) is 0 Å². The zero-order chi connectivity index (χ0) is 14.2. The maximum absolute atomic E-state index is 13.7. The fraction of sp³-hybridized carbons (Fsp3) is 0. The molecule has 0 spiro atoms. The van der Waals surface area contributed by atoms with E-state index in [0.29, 0.717) is 6.07 Å². The predicted molar refractivity (Wildman–Crippen MR) is 62.2 cm³/mol. The molecule has 0 saturated heterocycles. The third-order valence-corrected chi connectivity index (χ3v) is 2.85. The first-order chi connectivity index (χ1) is 8.90. The van der Waals surface area contributed by atoms with E-state index >= 15 is 0 Å². The largest absolute Gasteiger partial charge is 0.332 e. The first-order valence-corrected chi connectivity index (χ1v) is 5.42. The van der Waals surface area contributed by atoms with Crippen molar-refractivity contribution in [2.24, 2.45) is 0 Å². The molecule has 0 unspecified atom stereocenters. The van der Waals surface area contributed by atoms with E-state index in [1.165, 1.54) is 0 Å². The molecule has 0 amide bonds. The Morgan fingerprint density at radius 3 is 2.00 bits per heavy atom. The summed E-state index contributed by atoms with van der Waals surface area (Å²) < 4.78 is 52.6. The van der Waals surface area contributed by atoms with Crippen LogP contribution in [0.5, 0.6) is 0 Å². The van der Waals surface area contributed by atoms with Crippen LogP contribution in [0, 0.1) is 17.5 Å². The molecule has 0 heterocycles. The van der Waals surface area contributed by atoms with Crippen LogP contribution < -0.4 is 0 Å². The molecule has 19 heavy (non-hydrogen) atoms. The van der Waals surface area contributed by atoms with Gasteiger partial charge in [0.25, 0.3) is 0 Å². The molecule has 1 nitrogen and oxygen atoms in total. The molecule has 0 atom stereocenters. The van der Waals surface area contributed by atoms with Crippen molar-refractivity contribution in [3.05, 3.63) is 58.4 Å². The summed E-state index contributed by atoms with van der Waals surface area (Å²) in [6.07, 6.45) is 0. The van der Waals surface area contributed by atoms with Gasteiger partial charge in [-0.25, -0.2) is 13.2 Å². The average Bonchev–Trinajstić information content (AvgIpc) is 2.35. The molecular weight excluding hydrogens is 284 g/mol. The first-order valence-electron chi connectivity index (χ1n) is 5.04. The Morgan fingerprint density at radius 1 is 0.947 bits per heavy atom. The van der Waals surface area contributed by atoms with Crippen molar-refractivity contribution >= 4 is 17.6 Å². The van der Waals surface area contributed by atoms with Crippen molar-refractivity contribution in [3.63, 3.8) is 0 Å². The number of hydrogen-bond acceptors (Lipinski definition) is 1. The van der Waals surface area contributed by atoms with E-state index in [0.717, 1.165) is 24.3 Å². The Morgan fingerprint density at radius 2 is 1.53 bits per heavy atom. The molecule has 98 valence electrons. The maximum atomic E-state index is 13.7. The summed E-state index contributed by atoms with van der Waals surface area (Å²) in [5.41, 5.74) is -0.745. The molecule has 0 aliphatic carbocycles. The van der Waals surface area contributed by atoms with Gasteiger partial charge in [-0.3, -0.25) is 4.79 Å². The zero-order valence-electron chi connectivity index (χ0n) is 9.18. The standard InChI is InChI=1S/C13H5ClF4O/c14-12-10(16)4-7(5-11(12)17)8-2-1-6(13(18)19)3-9(8)15/h1-5H. The zero-order valence-corrected chi connectivity index (χ0v) is 9.94. The Balaban J connectivity index is 2.56. The Bertz CT molecular complexity index is 647. The molecule has 6 heteroatoms. The topological polar surface area (TPSA) is 17.1 Å². The Hall–Kier alpha value is -1.88. The summed E-state index contributed by atoms with van der Waals surface area (Å²) >= 11 is 5.31. The fourth-order valence-electron chi connectivity index (χ4n) is 1.58. The van der Waals surface area contributed by atoms with Gasteiger partial charge >= 0.3 is 6.04 Å². The second-order valence-electron chi connectivity index (χ2n) is 3.72. The van der Waals surface area contributed by atoms with E-state index < -0.39 is 34.1 Å². The lowest BCUT2D eigenvalue weighted by atomic mass is 10.0. The fourth-order valence-corrected chi connectivity index (χ4v) is 1.69. The van der Waals surface area contributed by atoms with Crippen LogP contribution in [0.3, 0.4) is 0 Å². The number of carbonyl (C=O) groups excluding carboxylic acids is 1. The highest BCUT2D eigenvalue weighted by atomic mass is 35.5. The molecule has 0 aliphatic rings. The van der Waals surface area contributed by atoms with Crippen LogP contribution >= 0.6 is 11.6 Å². The van der Waals surface area contributed by atoms with Crippen molar-refractivity contribution in [3.8, 4) is 11.1 Å². The lowest BCUT2D eigenvalue weighted by Crippen LogP contribution is -1.94. The minimum absolute atomic E-state index is 0.102. The summed E-state index contributed by atoms with van der Waals surface area (Å²) in [5, 5.41) is -0.695. The van der Waals surface area contributed by atoms with E-state index in [2.05, 4.69) is 0 Å². The second kappa shape index (κ2) is 5.01. The number of rotatable bonds is 2. The van der Waals surface area contributed by atoms with Gasteiger partial charge in [0.1, 0.15) is 22.5 Å². The highest BCUT2D eigenvalue weighted by molar-refractivity contribution is 6.31. The summed E-state index contributed by atoms with van der Waals surface area (Å²) in [7, 11) is 0. The monoisotopic (exact) mass is 288 g/mol. The second-order valence-corrected chi connectivity index (χ2v) is 4.10. The third kappa shape index (κ3) is 2.61. The van der Waals surface area contributed by atoms with Gasteiger partial charge in [0.15, 0.2) is 0 Å². The first kappa shape index (κ1) is 13.5. The predicted octanol–water partition coefficient (Wildman–Crippen LogP) is 4.53. The van der Waals surface area contributed by atoms with Crippen LogP contribution in [0.2, 0.25) is 5.02 Å². The van der Waals surface area contributed by atoms with E-state index in [4.69, 9.17) is 11.6 Å². The molecule has 0 aliphatic heterocycles. The lowest BCUT2D eigenvalue weighted by Gasteiger charge is -2.06. The molecule has 2 aromatic rings. The Kier molecular flexibility index (Phi) is 3.57. The number of hydrogen-bond donors (Lipinski definition) is 0.